The summed E-state index contributed by atoms with van der Waals surface area (Å²) < 4.78 is 32.0. The van der Waals surface area contributed by atoms with Gasteiger partial charge < -0.3 is 15.4 Å². The van der Waals surface area contributed by atoms with Crippen molar-refractivity contribution in [1.29, 1.82) is 0 Å². The molecule has 1 aliphatic rings. The normalized spacial score (nSPS) is 14.9. The van der Waals surface area contributed by atoms with E-state index in [9.17, 15) is 8.78 Å². The van der Waals surface area contributed by atoms with Crippen LogP contribution in [-0.2, 0) is 0 Å². The van der Waals surface area contributed by atoms with Crippen LogP contribution < -0.4 is 15.4 Å². The fraction of sp³-hybridized carbons (Fsp3) is 0.333. The van der Waals surface area contributed by atoms with Crippen LogP contribution in [0.3, 0.4) is 0 Å². The van der Waals surface area contributed by atoms with Crippen LogP contribution >= 0.6 is 0 Å². The second kappa shape index (κ2) is 6.13. The van der Waals surface area contributed by atoms with Gasteiger partial charge in [0.25, 0.3) is 0 Å². The van der Waals surface area contributed by atoms with Crippen LogP contribution in [0, 0.1) is 11.6 Å². The van der Waals surface area contributed by atoms with Gasteiger partial charge in [0.2, 0.25) is 5.88 Å². The Morgan fingerprint density at radius 1 is 1.09 bits per heavy atom. The molecule has 0 atom stereocenters. The molecule has 116 valence electrons. The van der Waals surface area contributed by atoms with E-state index < -0.39 is 11.6 Å². The monoisotopic (exact) mass is 306 g/mol. The van der Waals surface area contributed by atoms with Crippen molar-refractivity contribution < 1.29 is 13.5 Å². The van der Waals surface area contributed by atoms with Gasteiger partial charge in [-0.2, -0.15) is 4.98 Å². The number of nitrogens with zero attached hydrogens (tertiary/aromatic N) is 3. The number of ether oxygens (including phenoxy) is 1. The Morgan fingerprint density at radius 2 is 1.86 bits per heavy atom. The Kier molecular flexibility index (Phi) is 4.04. The van der Waals surface area contributed by atoms with E-state index in [1.54, 1.807) is 0 Å². The highest BCUT2D eigenvalue weighted by molar-refractivity contribution is 5.68. The summed E-state index contributed by atoms with van der Waals surface area (Å²) in [6, 6.07) is 3.06. The molecule has 0 amide bonds. The first-order chi connectivity index (χ1) is 10.6. The number of nitrogen functional groups attached to an aromatic ring is 1. The van der Waals surface area contributed by atoms with E-state index in [4.69, 9.17) is 10.5 Å². The predicted molar refractivity (Wildman–Crippen MR) is 78.9 cm³/mol. The molecular weight excluding hydrogens is 290 g/mol. The molecular formula is C15H16F2N4O. The Morgan fingerprint density at radius 3 is 2.59 bits per heavy atom. The van der Waals surface area contributed by atoms with Gasteiger partial charge in [0, 0.05) is 19.2 Å². The third kappa shape index (κ3) is 2.93. The molecule has 0 saturated carbocycles. The lowest BCUT2D eigenvalue weighted by Crippen LogP contribution is -2.31. The van der Waals surface area contributed by atoms with Crippen molar-refractivity contribution in [1.82, 2.24) is 9.97 Å². The summed E-state index contributed by atoms with van der Waals surface area (Å²) in [5, 5.41) is 0. The van der Waals surface area contributed by atoms with Gasteiger partial charge in [-0.15, -0.1) is 0 Å². The lowest BCUT2D eigenvalue weighted by atomic mass is 10.1. The summed E-state index contributed by atoms with van der Waals surface area (Å²) in [5.74, 6) is -0.947. The maximum atomic E-state index is 13.7. The maximum absolute atomic E-state index is 13.7. The molecule has 7 heteroatoms. The van der Waals surface area contributed by atoms with Crippen LogP contribution in [0.25, 0.3) is 0 Å². The fourth-order valence-electron chi connectivity index (χ4n) is 2.47. The van der Waals surface area contributed by atoms with E-state index in [2.05, 4.69) is 14.9 Å². The standard InChI is InChI=1S/C15H16F2N4O/c16-10-4-5-12(11(17)8-10)22-15-13(18)14(19-9-20-15)21-6-2-1-3-7-21/h4-5,8-9H,1-3,6-7,18H2. The van der Waals surface area contributed by atoms with Gasteiger partial charge in [-0.3, -0.25) is 0 Å². The minimum absolute atomic E-state index is 0.0704. The zero-order chi connectivity index (χ0) is 15.5. The third-order valence-corrected chi connectivity index (χ3v) is 3.58. The van der Waals surface area contributed by atoms with Gasteiger partial charge in [-0.25, -0.2) is 13.8 Å². The number of hydrogen-bond donors (Lipinski definition) is 1. The molecule has 0 spiro atoms. The molecule has 1 aromatic heterocycles. The van der Waals surface area contributed by atoms with Crippen LogP contribution in [0.1, 0.15) is 19.3 Å². The second-order valence-corrected chi connectivity index (χ2v) is 5.14. The van der Waals surface area contributed by atoms with Crippen LogP contribution in [0.2, 0.25) is 0 Å². The molecule has 1 saturated heterocycles. The molecule has 0 aliphatic carbocycles. The van der Waals surface area contributed by atoms with Gasteiger partial charge in [-0.05, 0) is 31.4 Å². The van der Waals surface area contributed by atoms with Crippen LogP contribution in [0.4, 0.5) is 20.3 Å². The van der Waals surface area contributed by atoms with E-state index in [1.807, 2.05) is 0 Å². The quantitative estimate of drug-likeness (QED) is 0.944. The number of hydrogen-bond acceptors (Lipinski definition) is 5. The largest absolute Gasteiger partial charge is 0.434 e. The van der Waals surface area contributed by atoms with Crippen molar-refractivity contribution >= 4 is 11.5 Å². The molecule has 1 aliphatic heterocycles. The topological polar surface area (TPSA) is 64.3 Å². The van der Waals surface area contributed by atoms with Crippen LogP contribution in [0.15, 0.2) is 24.5 Å². The van der Waals surface area contributed by atoms with Gasteiger partial charge in [0.15, 0.2) is 17.4 Å². The number of anilines is 2. The SMILES string of the molecule is Nc1c(Oc2ccc(F)cc2F)ncnc1N1CCCCC1. The van der Waals surface area contributed by atoms with E-state index in [0.717, 1.165) is 38.1 Å². The van der Waals surface area contributed by atoms with E-state index in [-0.39, 0.29) is 17.3 Å². The Labute approximate surface area is 126 Å². The Hall–Kier alpha value is -2.44. The summed E-state index contributed by atoms with van der Waals surface area (Å²) in [4.78, 5) is 10.2. The summed E-state index contributed by atoms with van der Waals surface area (Å²) in [5.41, 5.74) is 6.31. The van der Waals surface area contributed by atoms with Crippen molar-refractivity contribution in [2.75, 3.05) is 23.7 Å². The highest BCUT2D eigenvalue weighted by Crippen LogP contribution is 2.33. The predicted octanol–water partition coefficient (Wildman–Crippen LogP) is 3.12. The van der Waals surface area contributed by atoms with Crippen molar-refractivity contribution in [3.63, 3.8) is 0 Å². The van der Waals surface area contributed by atoms with E-state index >= 15 is 0 Å². The number of rotatable bonds is 3. The van der Waals surface area contributed by atoms with Crippen molar-refractivity contribution in [3.05, 3.63) is 36.2 Å². The first kappa shape index (κ1) is 14.5. The minimum atomic E-state index is -0.808. The fourth-order valence-corrected chi connectivity index (χ4v) is 2.47. The molecule has 5 nitrogen and oxygen atoms in total. The van der Waals surface area contributed by atoms with Gasteiger partial charge in [0.05, 0.1) is 0 Å². The first-order valence-corrected chi connectivity index (χ1v) is 7.13. The molecule has 0 bridgehead atoms. The number of nitrogens with two attached hydrogens (primary N) is 1. The number of aromatic nitrogens is 2. The molecule has 2 heterocycles. The molecule has 22 heavy (non-hydrogen) atoms. The molecule has 0 unspecified atom stereocenters. The Balaban J connectivity index is 1.87. The summed E-state index contributed by atoms with van der Waals surface area (Å²) in [6.07, 6.45) is 4.67. The van der Waals surface area contributed by atoms with Crippen LogP contribution in [-0.4, -0.2) is 23.1 Å². The van der Waals surface area contributed by atoms with Gasteiger partial charge in [0.1, 0.15) is 17.8 Å². The van der Waals surface area contributed by atoms with E-state index in [0.29, 0.717) is 5.82 Å². The number of benzene rings is 1. The summed E-state index contributed by atoms with van der Waals surface area (Å²) in [6.45, 7) is 1.73. The lowest BCUT2D eigenvalue weighted by molar-refractivity contribution is 0.424. The van der Waals surface area contributed by atoms with Crippen molar-refractivity contribution in [3.8, 4) is 11.6 Å². The third-order valence-electron chi connectivity index (χ3n) is 3.58. The molecule has 1 aromatic carbocycles. The average Bonchev–Trinajstić information content (AvgIpc) is 2.53. The zero-order valence-corrected chi connectivity index (χ0v) is 11.9. The molecule has 2 N–H and O–H groups in total. The molecule has 1 fully saturated rings. The molecule has 3 rings (SSSR count). The highest BCUT2D eigenvalue weighted by Gasteiger charge is 2.19. The molecule has 2 aromatic rings. The zero-order valence-electron chi connectivity index (χ0n) is 11.9. The molecule has 0 radical (unpaired) electrons. The highest BCUT2D eigenvalue weighted by atomic mass is 19.1. The Bertz CT molecular complexity index is 675. The van der Waals surface area contributed by atoms with Crippen molar-refractivity contribution in [2.45, 2.75) is 19.3 Å². The van der Waals surface area contributed by atoms with Gasteiger partial charge >= 0.3 is 0 Å². The number of halogens is 2. The van der Waals surface area contributed by atoms with Crippen LogP contribution in [0.5, 0.6) is 11.6 Å². The van der Waals surface area contributed by atoms with E-state index in [1.165, 1.54) is 18.8 Å². The maximum Gasteiger partial charge on any atom is 0.248 e. The minimum Gasteiger partial charge on any atom is -0.434 e. The average molecular weight is 306 g/mol. The summed E-state index contributed by atoms with van der Waals surface area (Å²) >= 11 is 0. The van der Waals surface area contributed by atoms with Crippen molar-refractivity contribution in [2.24, 2.45) is 0 Å². The van der Waals surface area contributed by atoms with Gasteiger partial charge in [-0.1, -0.05) is 0 Å². The lowest BCUT2D eigenvalue weighted by Gasteiger charge is -2.28. The summed E-state index contributed by atoms with van der Waals surface area (Å²) in [7, 11) is 0. The first-order valence-electron chi connectivity index (χ1n) is 7.13. The second-order valence-electron chi connectivity index (χ2n) is 5.14. The smallest absolute Gasteiger partial charge is 0.248 e. The number of piperidine rings is 1.